The second-order valence-corrected chi connectivity index (χ2v) is 5.92. The second kappa shape index (κ2) is 3.49. The first-order valence-electron chi connectivity index (χ1n) is 5.10. The molecule has 2 rings (SSSR count). The van der Waals surface area contributed by atoms with Crippen LogP contribution in [0.4, 0.5) is 0 Å². The van der Waals surface area contributed by atoms with Crippen molar-refractivity contribution in [2.24, 2.45) is 0 Å². The van der Waals surface area contributed by atoms with E-state index in [1.165, 1.54) is 10.6 Å². The third kappa shape index (κ3) is 1.97. The van der Waals surface area contributed by atoms with Crippen LogP contribution in [0, 0.1) is 6.92 Å². The number of hydrogen-bond donors (Lipinski definition) is 0. The van der Waals surface area contributed by atoms with Crippen molar-refractivity contribution in [3.8, 4) is 5.13 Å². The minimum atomic E-state index is 0.131. The lowest BCUT2D eigenvalue weighted by Gasteiger charge is -2.15. The molecule has 0 aliphatic rings. The molecule has 2 nitrogen and oxygen atoms in total. The number of thiazole rings is 1. The SMILES string of the molecule is Cc1sc(-n2cccc2)nc1C(C)(C)C. The summed E-state index contributed by atoms with van der Waals surface area (Å²) in [6, 6.07) is 4.04. The van der Waals surface area contributed by atoms with E-state index >= 15 is 0 Å². The first-order valence-corrected chi connectivity index (χ1v) is 5.91. The van der Waals surface area contributed by atoms with Gasteiger partial charge < -0.3 is 4.57 Å². The Balaban J connectivity index is 2.47. The Morgan fingerprint density at radius 2 is 1.80 bits per heavy atom. The highest BCUT2D eigenvalue weighted by Crippen LogP contribution is 2.30. The van der Waals surface area contributed by atoms with E-state index in [4.69, 9.17) is 4.98 Å². The maximum absolute atomic E-state index is 4.70. The lowest BCUT2D eigenvalue weighted by molar-refractivity contribution is 0.568. The van der Waals surface area contributed by atoms with Gasteiger partial charge in [-0.2, -0.15) is 0 Å². The number of hydrogen-bond acceptors (Lipinski definition) is 2. The predicted molar refractivity (Wildman–Crippen MR) is 64.9 cm³/mol. The van der Waals surface area contributed by atoms with Crippen molar-refractivity contribution in [3.63, 3.8) is 0 Å². The summed E-state index contributed by atoms with van der Waals surface area (Å²) in [5, 5.41) is 1.06. The average molecular weight is 220 g/mol. The van der Waals surface area contributed by atoms with E-state index in [0.717, 1.165) is 5.13 Å². The van der Waals surface area contributed by atoms with Crippen LogP contribution in [-0.2, 0) is 5.41 Å². The zero-order valence-corrected chi connectivity index (χ0v) is 10.4. The Labute approximate surface area is 94.6 Å². The van der Waals surface area contributed by atoms with Gasteiger partial charge in [0.2, 0.25) is 0 Å². The summed E-state index contributed by atoms with van der Waals surface area (Å²) in [6.07, 6.45) is 4.06. The highest BCUT2D eigenvalue weighted by Gasteiger charge is 2.21. The lowest BCUT2D eigenvalue weighted by atomic mass is 9.92. The molecule has 0 aromatic carbocycles. The third-order valence-electron chi connectivity index (χ3n) is 2.32. The number of rotatable bonds is 1. The highest BCUT2D eigenvalue weighted by atomic mass is 32.1. The molecule has 0 aliphatic carbocycles. The Morgan fingerprint density at radius 1 is 1.20 bits per heavy atom. The smallest absolute Gasteiger partial charge is 0.194 e. The molecule has 0 saturated carbocycles. The van der Waals surface area contributed by atoms with E-state index in [0.29, 0.717) is 0 Å². The van der Waals surface area contributed by atoms with Crippen LogP contribution in [0.15, 0.2) is 24.5 Å². The molecular formula is C12H16N2S. The van der Waals surface area contributed by atoms with Gasteiger partial charge in [0.05, 0.1) is 5.69 Å². The van der Waals surface area contributed by atoms with Crippen molar-refractivity contribution in [1.82, 2.24) is 9.55 Å². The quantitative estimate of drug-likeness (QED) is 0.718. The van der Waals surface area contributed by atoms with Crippen LogP contribution in [0.2, 0.25) is 0 Å². The fraction of sp³-hybridized carbons (Fsp3) is 0.417. The molecule has 0 bridgehead atoms. The third-order valence-corrected chi connectivity index (χ3v) is 3.31. The van der Waals surface area contributed by atoms with Crippen LogP contribution in [0.3, 0.4) is 0 Å². The number of nitrogens with zero attached hydrogens (tertiary/aromatic N) is 2. The molecular weight excluding hydrogens is 204 g/mol. The van der Waals surface area contributed by atoms with Gasteiger partial charge in [-0.15, -0.1) is 11.3 Å². The normalized spacial score (nSPS) is 12.0. The van der Waals surface area contributed by atoms with Gasteiger partial charge in [0, 0.05) is 22.7 Å². The summed E-state index contributed by atoms with van der Waals surface area (Å²) >= 11 is 1.75. The molecule has 0 spiro atoms. The molecule has 0 atom stereocenters. The van der Waals surface area contributed by atoms with Crippen molar-refractivity contribution in [2.75, 3.05) is 0 Å². The summed E-state index contributed by atoms with van der Waals surface area (Å²) in [4.78, 5) is 6.02. The van der Waals surface area contributed by atoms with Gasteiger partial charge in [0.15, 0.2) is 5.13 Å². The van der Waals surface area contributed by atoms with Gasteiger partial charge in [-0.05, 0) is 19.1 Å². The molecule has 0 fully saturated rings. The zero-order chi connectivity index (χ0) is 11.1. The van der Waals surface area contributed by atoms with Crippen LogP contribution >= 0.6 is 11.3 Å². The van der Waals surface area contributed by atoms with E-state index in [9.17, 15) is 0 Å². The molecule has 0 amide bonds. The van der Waals surface area contributed by atoms with Gasteiger partial charge in [-0.1, -0.05) is 20.8 Å². The monoisotopic (exact) mass is 220 g/mol. The van der Waals surface area contributed by atoms with Crippen LogP contribution in [0.5, 0.6) is 0 Å². The molecule has 15 heavy (non-hydrogen) atoms. The minimum Gasteiger partial charge on any atom is -0.300 e. The largest absolute Gasteiger partial charge is 0.300 e. The Morgan fingerprint density at radius 3 is 2.27 bits per heavy atom. The Bertz CT molecular complexity index is 446. The van der Waals surface area contributed by atoms with E-state index in [1.807, 2.05) is 24.5 Å². The Hall–Kier alpha value is -1.09. The van der Waals surface area contributed by atoms with Gasteiger partial charge in [-0.3, -0.25) is 0 Å². The van der Waals surface area contributed by atoms with Crippen molar-refractivity contribution < 1.29 is 0 Å². The maximum atomic E-state index is 4.70. The first kappa shape index (κ1) is 10.4. The number of aryl methyl sites for hydroxylation is 1. The molecule has 2 aromatic heterocycles. The van der Waals surface area contributed by atoms with Crippen LogP contribution in [0.1, 0.15) is 31.3 Å². The van der Waals surface area contributed by atoms with Crippen molar-refractivity contribution in [3.05, 3.63) is 35.1 Å². The molecule has 0 saturated heterocycles. The molecule has 0 aliphatic heterocycles. The van der Waals surface area contributed by atoms with E-state index in [1.54, 1.807) is 11.3 Å². The fourth-order valence-electron chi connectivity index (χ4n) is 1.65. The van der Waals surface area contributed by atoms with Crippen molar-refractivity contribution in [2.45, 2.75) is 33.1 Å². The summed E-state index contributed by atoms with van der Waals surface area (Å²) < 4.78 is 2.06. The Kier molecular flexibility index (Phi) is 2.43. The van der Waals surface area contributed by atoms with E-state index in [2.05, 4.69) is 32.3 Å². The van der Waals surface area contributed by atoms with Gasteiger partial charge in [0.25, 0.3) is 0 Å². The molecule has 2 aromatic rings. The maximum Gasteiger partial charge on any atom is 0.194 e. The topological polar surface area (TPSA) is 17.8 Å². The van der Waals surface area contributed by atoms with Crippen molar-refractivity contribution >= 4 is 11.3 Å². The molecule has 80 valence electrons. The molecule has 2 heterocycles. The van der Waals surface area contributed by atoms with Crippen molar-refractivity contribution in [1.29, 1.82) is 0 Å². The minimum absolute atomic E-state index is 0.131. The fourth-order valence-corrected chi connectivity index (χ4v) is 2.74. The van der Waals surface area contributed by atoms with Crippen LogP contribution in [0.25, 0.3) is 5.13 Å². The molecule has 3 heteroatoms. The predicted octanol–water partition coefficient (Wildman–Crippen LogP) is 3.54. The standard InChI is InChI=1S/C12H16N2S/c1-9-10(12(2,3)4)13-11(15-9)14-7-5-6-8-14/h5-8H,1-4H3. The summed E-state index contributed by atoms with van der Waals surface area (Å²) in [6.45, 7) is 8.75. The molecule has 0 N–H and O–H groups in total. The molecule has 0 unspecified atom stereocenters. The molecule has 0 radical (unpaired) electrons. The number of aromatic nitrogens is 2. The first-order chi connectivity index (χ1) is 6.98. The van der Waals surface area contributed by atoms with E-state index in [-0.39, 0.29) is 5.41 Å². The van der Waals surface area contributed by atoms with E-state index < -0.39 is 0 Å². The summed E-state index contributed by atoms with van der Waals surface area (Å²) in [7, 11) is 0. The summed E-state index contributed by atoms with van der Waals surface area (Å²) in [5.74, 6) is 0. The van der Waals surface area contributed by atoms with Crippen LogP contribution < -0.4 is 0 Å². The zero-order valence-electron chi connectivity index (χ0n) is 9.61. The second-order valence-electron chi connectivity index (χ2n) is 4.74. The van der Waals surface area contributed by atoms with Crippen LogP contribution in [-0.4, -0.2) is 9.55 Å². The average Bonchev–Trinajstić information content (AvgIpc) is 2.68. The highest BCUT2D eigenvalue weighted by molar-refractivity contribution is 7.14. The van der Waals surface area contributed by atoms with Gasteiger partial charge >= 0.3 is 0 Å². The van der Waals surface area contributed by atoms with Gasteiger partial charge in [-0.25, -0.2) is 4.98 Å². The summed E-state index contributed by atoms with van der Waals surface area (Å²) in [5.41, 5.74) is 1.34. The lowest BCUT2D eigenvalue weighted by Crippen LogP contribution is -2.13. The van der Waals surface area contributed by atoms with Gasteiger partial charge in [0.1, 0.15) is 0 Å².